The highest BCUT2D eigenvalue weighted by Crippen LogP contribution is 2.13. The molecule has 0 saturated heterocycles. The molecular weight excluding hydrogens is 271 g/mol. The van der Waals surface area contributed by atoms with E-state index in [-0.39, 0.29) is 23.0 Å². The van der Waals surface area contributed by atoms with Crippen LogP contribution in [-0.2, 0) is 14.8 Å². The van der Waals surface area contributed by atoms with Gasteiger partial charge < -0.3 is 5.32 Å². The Hall–Kier alpha value is -1.47. The quantitative estimate of drug-likeness (QED) is 0.846. The minimum Gasteiger partial charge on any atom is -0.353 e. The Balaban J connectivity index is 2.76. The van der Waals surface area contributed by atoms with E-state index in [0.29, 0.717) is 0 Å². The first kappa shape index (κ1) is 15.6. The highest BCUT2D eigenvalue weighted by atomic mass is 32.2. The summed E-state index contributed by atoms with van der Waals surface area (Å²) in [6, 6.07) is 3.39. The van der Waals surface area contributed by atoms with Gasteiger partial charge >= 0.3 is 0 Å². The van der Waals surface area contributed by atoms with Crippen molar-refractivity contribution in [2.24, 2.45) is 0 Å². The molecule has 1 aromatic rings. The van der Waals surface area contributed by atoms with Crippen LogP contribution >= 0.6 is 0 Å². The maximum atomic E-state index is 13.1. The van der Waals surface area contributed by atoms with E-state index in [1.54, 1.807) is 13.8 Å². The van der Waals surface area contributed by atoms with Crippen LogP contribution in [0, 0.1) is 12.7 Å². The fourth-order valence-electron chi connectivity index (χ4n) is 1.40. The lowest BCUT2D eigenvalue weighted by Gasteiger charge is -2.10. The van der Waals surface area contributed by atoms with Crippen molar-refractivity contribution in [3.8, 4) is 0 Å². The Kier molecular flexibility index (Phi) is 5.02. The van der Waals surface area contributed by atoms with Crippen molar-refractivity contribution >= 4 is 15.9 Å². The van der Waals surface area contributed by atoms with Gasteiger partial charge in [-0.05, 0) is 44.5 Å². The van der Waals surface area contributed by atoms with Crippen LogP contribution in [0.2, 0.25) is 0 Å². The molecule has 0 aliphatic carbocycles. The van der Waals surface area contributed by atoms with Gasteiger partial charge in [-0.3, -0.25) is 4.79 Å². The number of halogens is 1. The Labute approximate surface area is 112 Å². The van der Waals surface area contributed by atoms with Crippen molar-refractivity contribution < 1.29 is 17.6 Å². The Morgan fingerprint density at radius 1 is 1.37 bits per heavy atom. The number of carbonyl (C=O) groups is 1. The molecule has 0 heterocycles. The van der Waals surface area contributed by atoms with Gasteiger partial charge in [0.25, 0.3) is 0 Å². The fourth-order valence-corrected chi connectivity index (χ4v) is 2.47. The first-order valence-corrected chi connectivity index (χ1v) is 7.26. The molecule has 0 spiro atoms. The molecule has 1 amide bonds. The zero-order chi connectivity index (χ0) is 14.6. The molecule has 0 aliphatic rings. The van der Waals surface area contributed by atoms with Crippen LogP contribution in [0.5, 0.6) is 0 Å². The van der Waals surface area contributed by atoms with Crippen molar-refractivity contribution in [3.63, 3.8) is 0 Å². The number of aryl methyl sites for hydroxylation is 1. The zero-order valence-corrected chi connectivity index (χ0v) is 11.8. The lowest BCUT2D eigenvalue weighted by atomic mass is 10.2. The maximum Gasteiger partial charge on any atom is 0.241 e. The van der Waals surface area contributed by atoms with Crippen LogP contribution in [-0.4, -0.2) is 26.9 Å². The standard InChI is InChI=1S/C12H17FN2O3S/c1-8(2)15-12(16)7-14-19(17,18)10-4-5-11(13)9(3)6-10/h4-6,8,14H,7H2,1-3H3,(H,15,16). The predicted octanol–water partition coefficient (Wildman–Crippen LogP) is 0.937. The topological polar surface area (TPSA) is 75.3 Å². The van der Waals surface area contributed by atoms with Crippen molar-refractivity contribution in [1.29, 1.82) is 0 Å². The minimum atomic E-state index is -3.81. The summed E-state index contributed by atoms with van der Waals surface area (Å²) in [4.78, 5) is 11.3. The van der Waals surface area contributed by atoms with E-state index in [9.17, 15) is 17.6 Å². The van der Waals surface area contributed by atoms with E-state index >= 15 is 0 Å². The molecule has 0 aromatic heterocycles. The molecular formula is C12H17FN2O3S. The summed E-state index contributed by atoms with van der Waals surface area (Å²) in [5.41, 5.74) is 0.231. The molecule has 7 heteroatoms. The molecule has 1 rings (SSSR count). The minimum absolute atomic E-state index is 0.0648. The molecule has 0 radical (unpaired) electrons. The first-order valence-electron chi connectivity index (χ1n) is 5.77. The van der Waals surface area contributed by atoms with Crippen LogP contribution in [0.4, 0.5) is 4.39 Å². The van der Waals surface area contributed by atoms with Crippen LogP contribution in [0.1, 0.15) is 19.4 Å². The summed E-state index contributed by atoms with van der Waals surface area (Å²) < 4.78 is 39.0. The first-order chi connectivity index (χ1) is 8.72. The summed E-state index contributed by atoms with van der Waals surface area (Å²) >= 11 is 0. The average Bonchev–Trinajstić information content (AvgIpc) is 2.29. The Morgan fingerprint density at radius 3 is 2.53 bits per heavy atom. The molecule has 106 valence electrons. The number of carbonyl (C=O) groups excluding carboxylic acids is 1. The fraction of sp³-hybridized carbons (Fsp3) is 0.417. The number of hydrogen-bond donors (Lipinski definition) is 2. The van der Waals surface area contributed by atoms with E-state index in [4.69, 9.17) is 0 Å². The molecule has 19 heavy (non-hydrogen) atoms. The summed E-state index contributed by atoms with van der Waals surface area (Å²) in [5.74, 6) is -0.895. The van der Waals surface area contributed by atoms with Gasteiger partial charge in [-0.2, -0.15) is 0 Å². The molecule has 0 fully saturated rings. The van der Waals surface area contributed by atoms with Gasteiger partial charge in [0.15, 0.2) is 0 Å². The second-order valence-electron chi connectivity index (χ2n) is 4.46. The summed E-state index contributed by atoms with van der Waals surface area (Å²) in [5, 5.41) is 2.56. The second-order valence-corrected chi connectivity index (χ2v) is 6.22. The van der Waals surface area contributed by atoms with Crippen LogP contribution in [0.3, 0.4) is 0 Å². The highest BCUT2D eigenvalue weighted by Gasteiger charge is 2.16. The Bertz CT molecular complexity index is 570. The van der Waals surface area contributed by atoms with Gasteiger partial charge in [-0.25, -0.2) is 17.5 Å². The van der Waals surface area contributed by atoms with E-state index in [1.165, 1.54) is 13.0 Å². The van der Waals surface area contributed by atoms with Crippen molar-refractivity contribution in [1.82, 2.24) is 10.0 Å². The number of sulfonamides is 1. The second kappa shape index (κ2) is 6.12. The smallest absolute Gasteiger partial charge is 0.241 e. The van der Waals surface area contributed by atoms with Crippen molar-refractivity contribution in [2.75, 3.05) is 6.54 Å². The summed E-state index contributed by atoms with van der Waals surface area (Å²) in [6.07, 6.45) is 0. The number of nitrogens with one attached hydrogen (secondary N) is 2. The molecule has 0 unspecified atom stereocenters. The molecule has 0 aliphatic heterocycles. The van der Waals surface area contributed by atoms with Crippen molar-refractivity contribution in [3.05, 3.63) is 29.6 Å². The highest BCUT2D eigenvalue weighted by molar-refractivity contribution is 7.89. The number of benzene rings is 1. The van der Waals surface area contributed by atoms with Gasteiger partial charge in [-0.1, -0.05) is 0 Å². The molecule has 2 N–H and O–H groups in total. The third-order valence-electron chi connectivity index (χ3n) is 2.31. The number of hydrogen-bond acceptors (Lipinski definition) is 3. The van der Waals surface area contributed by atoms with Gasteiger partial charge in [-0.15, -0.1) is 0 Å². The van der Waals surface area contributed by atoms with Crippen molar-refractivity contribution in [2.45, 2.75) is 31.7 Å². The summed E-state index contributed by atoms with van der Waals surface area (Å²) in [7, 11) is -3.81. The molecule has 1 aromatic carbocycles. The van der Waals surface area contributed by atoms with Gasteiger partial charge in [0, 0.05) is 6.04 Å². The van der Waals surface area contributed by atoms with E-state index in [1.807, 2.05) is 0 Å². The van der Waals surface area contributed by atoms with E-state index in [2.05, 4.69) is 10.0 Å². The zero-order valence-electron chi connectivity index (χ0n) is 11.0. The van der Waals surface area contributed by atoms with Gasteiger partial charge in [0.05, 0.1) is 11.4 Å². The third kappa shape index (κ3) is 4.60. The van der Waals surface area contributed by atoms with Gasteiger partial charge in [0.1, 0.15) is 5.82 Å². The molecule has 5 nitrogen and oxygen atoms in total. The third-order valence-corrected chi connectivity index (χ3v) is 3.71. The SMILES string of the molecule is Cc1cc(S(=O)(=O)NCC(=O)NC(C)C)ccc1F. The van der Waals surface area contributed by atoms with Crippen LogP contribution in [0.15, 0.2) is 23.1 Å². The molecule has 0 saturated carbocycles. The van der Waals surface area contributed by atoms with Gasteiger partial charge in [0.2, 0.25) is 15.9 Å². The molecule has 0 atom stereocenters. The van der Waals surface area contributed by atoms with E-state index < -0.39 is 21.7 Å². The monoisotopic (exact) mass is 288 g/mol. The van der Waals surface area contributed by atoms with Crippen LogP contribution < -0.4 is 10.0 Å². The maximum absolute atomic E-state index is 13.1. The number of rotatable bonds is 5. The van der Waals surface area contributed by atoms with E-state index in [0.717, 1.165) is 12.1 Å². The normalized spacial score (nSPS) is 11.6. The van der Waals surface area contributed by atoms with Crippen LogP contribution in [0.25, 0.3) is 0 Å². The lowest BCUT2D eigenvalue weighted by Crippen LogP contribution is -2.39. The lowest BCUT2D eigenvalue weighted by molar-refractivity contribution is -0.120. The largest absolute Gasteiger partial charge is 0.353 e. The molecule has 0 bridgehead atoms. The Morgan fingerprint density at radius 2 is 2.00 bits per heavy atom. The average molecular weight is 288 g/mol. The predicted molar refractivity (Wildman–Crippen MR) is 69.6 cm³/mol. The number of amides is 1. The summed E-state index contributed by atoms with van der Waals surface area (Å²) in [6.45, 7) is 4.67.